The van der Waals surface area contributed by atoms with Crippen molar-refractivity contribution in [2.24, 2.45) is 5.73 Å². The number of hydrogen-bond acceptors (Lipinski definition) is 9. The predicted molar refractivity (Wildman–Crippen MR) is 110 cm³/mol. The molecule has 0 saturated carbocycles. The Morgan fingerprint density at radius 3 is 2.42 bits per heavy atom. The summed E-state index contributed by atoms with van der Waals surface area (Å²) >= 11 is 0. The second-order valence-electron chi connectivity index (χ2n) is 6.56. The number of nitriles is 1. The van der Waals surface area contributed by atoms with Crippen LogP contribution in [0.15, 0.2) is 53.1 Å². The van der Waals surface area contributed by atoms with Gasteiger partial charge in [-0.05, 0) is 31.5 Å². The maximum atomic E-state index is 12.8. The van der Waals surface area contributed by atoms with E-state index in [9.17, 15) is 14.9 Å². The van der Waals surface area contributed by atoms with Gasteiger partial charge in [0.05, 0.1) is 31.8 Å². The number of carbonyl (C=O) groups is 2. The Kier molecular flexibility index (Phi) is 7.69. The molecule has 1 atom stereocenters. The van der Waals surface area contributed by atoms with Gasteiger partial charge in [0, 0.05) is 5.57 Å². The molecular formula is C22H24N2O7. The molecule has 0 unspecified atom stereocenters. The molecule has 0 bridgehead atoms. The van der Waals surface area contributed by atoms with Crippen LogP contribution in [0.5, 0.6) is 11.5 Å². The minimum atomic E-state index is -0.843. The Labute approximate surface area is 180 Å². The summed E-state index contributed by atoms with van der Waals surface area (Å²) in [6.07, 6.45) is 0. The highest BCUT2D eigenvalue weighted by molar-refractivity contribution is 5.92. The molecular weight excluding hydrogens is 404 g/mol. The average Bonchev–Trinajstić information content (AvgIpc) is 2.75. The van der Waals surface area contributed by atoms with Crippen LogP contribution in [-0.2, 0) is 23.8 Å². The summed E-state index contributed by atoms with van der Waals surface area (Å²) in [7, 11) is 2.97. The summed E-state index contributed by atoms with van der Waals surface area (Å²) in [6, 6.07) is 7.07. The molecule has 0 spiro atoms. The first kappa shape index (κ1) is 23.3. The zero-order valence-corrected chi connectivity index (χ0v) is 17.8. The fourth-order valence-corrected chi connectivity index (χ4v) is 2.96. The Balaban J connectivity index is 2.34. The third kappa shape index (κ3) is 5.17. The number of nitrogens with two attached hydrogens (primary N) is 1. The van der Waals surface area contributed by atoms with Gasteiger partial charge in [0.25, 0.3) is 0 Å². The fraction of sp³-hybridized carbons (Fsp3) is 0.318. The summed E-state index contributed by atoms with van der Waals surface area (Å²) in [4.78, 5) is 24.3. The van der Waals surface area contributed by atoms with Crippen LogP contribution in [0, 0.1) is 11.3 Å². The normalized spacial score (nSPS) is 15.5. The topological polar surface area (TPSA) is 130 Å². The smallest absolute Gasteiger partial charge is 0.340 e. The van der Waals surface area contributed by atoms with Crippen molar-refractivity contribution in [2.45, 2.75) is 19.8 Å². The molecule has 1 aliphatic heterocycles. The second kappa shape index (κ2) is 10.2. The molecule has 2 N–H and O–H groups in total. The third-order valence-electron chi connectivity index (χ3n) is 4.46. The Morgan fingerprint density at radius 1 is 1.19 bits per heavy atom. The van der Waals surface area contributed by atoms with Gasteiger partial charge >= 0.3 is 11.9 Å². The molecule has 0 radical (unpaired) electrons. The van der Waals surface area contributed by atoms with E-state index in [1.54, 1.807) is 25.1 Å². The highest BCUT2D eigenvalue weighted by Crippen LogP contribution is 2.42. The molecule has 2 rings (SSSR count). The SMILES string of the molecule is C=C(C)C(=O)OCCOC(=O)C1=C(N)OC(C)=C(C#N)[C@H]1c1ccc(OC)c(OC)c1. The maximum absolute atomic E-state index is 12.8. The van der Waals surface area contributed by atoms with Crippen molar-refractivity contribution >= 4 is 11.9 Å². The van der Waals surface area contributed by atoms with Gasteiger partial charge in [0.15, 0.2) is 11.5 Å². The first-order valence-electron chi connectivity index (χ1n) is 9.25. The van der Waals surface area contributed by atoms with Crippen LogP contribution >= 0.6 is 0 Å². The van der Waals surface area contributed by atoms with E-state index in [1.165, 1.54) is 21.1 Å². The summed E-state index contributed by atoms with van der Waals surface area (Å²) in [5.74, 6) is -1.25. The van der Waals surface area contributed by atoms with Gasteiger partial charge in [0.1, 0.15) is 24.5 Å². The van der Waals surface area contributed by atoms with Gasteiger partial charge in [0.2, 0.25) is 5.88 Å². The number of ether oxygens (including phenoxy) is 5. The molecule has 0 aliphatic carbocycles. The van der Waals surface area contributed by atoms with E-state index in [0.29, 0.717) is 17.1 Å². The molecule has 9 nitrogen and oxygen atoms in total. The Hall–Kier alpha value is -3.93. The van der Waals surface area contributed by atoms with E-state index in [-0.39, 0.29) is 41.6 Å². The Bertz CT molecular complexity index is 1000. The van der Waals surface area contributed by atoms with Crippen LogP contribution in [0.4, 0.5) is 0 Å². The van der Waals surface area contributed by atoms with Crippen molar-refractivity contribution in [3.63, 3.8) is 0 Å². The lowest BCUT2D eigenvalue weighted by Gasteiger charge is -2.27. The number of methoxy groups -OCH3 is 2. The first-order valence-corrected chi connectivity index (χ1v) is 9.25. The standard InChI is InChI=1S/C22H24N2O7/c1-12(2)21(25)29-8-9-30-22(26)19-18(15(11-23)13(3)31-20(19)24)14-6-7-16(27-4)17(10-14)28-5/h6-7,10,18H,1,8-9,24H2,2-5H3/t18-/m1/s1. The van der Waals surface area contributed by atoms with E-state index in [4.69, 9.17) is 29.4 Å². The van der Waals surface area contributed by atoms with Crippen LogP contribution in [0.25, 0.3) is 0 Å². The van der Waals surface area contributed by atoms with Crippen molar-refractivity contribution in [2.75, 3.05) is 27.4 Å². The van der Waals surface area contributed by atoms with Crippen molar-refractivity contribution in [1.82, 2.24) is 0 Å². The van der Waals surface area contributed by atoms with E-state index in [0.717, 1.165) is 0 Å². The highest BCUT2D eigenvalue weighted by Gasteiger charge is 2.37. The number of esters is 2. The van der Waals surface area contributed by atoms with Crippen LogP contribution in [-0.4, -0.2) is 39.4 Å². The fourth-order valence-electron chi connectivity index (χ4n) is 2.96. The second-order valence-corrected chi connectivity index (χ2v) is 6.56. The zero-order chi connectivity index (χ0) is 23.1. The van der Waals surface area contributed by atoms with E-state index in [1.807, 2.05) is 0 Å². The van der Waals surface area contributed by atoms with Crippen molar-refractivity contribution in [1.29, 1.82) is 5.26 Å². The molecule has 1 aliphatic rings. The first-order chi connectivity index (χ1) is 14.7. The van der Waals surface area contributed by atoms with Crippen molar-refractivity contribution < 1.29 is 33.3 Å². The monoisotopic (exact) mass is 428 g/mol. The van der Waals surface area contributed by atoms with Crippen molar-refractivity contribution in [3.8, 4) is 17.6 Å². The molecule has 0 amide bonds. The zero-order valence-electron chi connectivity index (χ0n) is 17.8. The number of hydrogen-bond donors (Lipinski definition) is 1. The number of rotatable bonds is 8. The summed E-state index contributed by atoms with van der Waals surface area (Å²) in [6.45, 7) is 6.19. The Morgan fingerprint density at radius 2 is 1.84 bits per heavy atom. The number of nitrogens with zero attached hydrogens (tertiary/aromatic N) is 1. The molecule has 164 valence electrons. The van der Waals surface area contributed by atoms with Crippen LogP contribution in [0.2, 0.25) is 0 Å². The van der Waals surface area contributed by atoms with E-state index >= 15 is 0 Å². The maximum Gasteiger partial charge on any atom is 0.340 e. The van der Waals surface area contributed by atoms with Gasteiger partial charge in [-0.25, -0.2) is 9.59 Å². The summed E-state index contributed by atoms with van der Waals surface area (Å²) < 4.78 is 26.1. The lowest BCUT2D eigenvalue weighted by Crippen LogP contribution is -2.27. The highest BCUT2D eigenvalue weighted by atomic mass is 16.6. The molecule has 1 aromatic carbocycles. The molecule has 0 fully saturated rings. The molecule has 0 aromatic heterocycles. The van der Waals surface area contributed by atoms with Gasteiger partial charge in [-0.1, -0.05) is 12.6 Å². The predicted octanol–water partition coefficient (Wildman–Crippen LogP) is 2.45. The van der Waals surface area contributed by atoms with E-state index < -0.39 is 17.9 Å². The van der Waals surface area contributed by atoms with Crippen molar-refractivity contribution in [3.05, 3.63) is 58.7 Å². The minimum absolute atomic E-state index is 0.0411. The van der Waals surface area contributed by atoms with Crippen LogP contribution < -0.4 is 15.2 Å². The summed E-state index contributed by atoms with van der Waals surface area (Å²) in [5, 5.41) is 9.71. The van der Waals surface area contributed by atoms with Gasteiger partial charge in [-0.2, -0.15) is 5.26 Å². The molecule has 31 heavy (non-hydrogen) atoms. The quantitative estimate of drug-likeness (QED) is 0.377. The van der Waals surface area contributed by atoms with E-state index in [2.05, 4.69) is 12.6 Å². The number of carbonyl (C=O) groups excluding carboxylic acids is 2. The van der Waals surface area contributed by atoms with Crippen LogP contribution in [0.1, 0.15) is 25.3 Å². The summed E-state index contributed by atoms with van der Waals surface area (Å²) in [5.41, 5.74) is 6.93. The number of benzene rings is 1. The lowest BCUT2D eigenvalue weighted by molar-refractivity contribution is -0.147. The minimum Gasteiger partial charge on any atom is -0.493 e. The molecule has 9 heteroatoms. The number of allylic oxidation sites excluding steroid dienone is 2. The van der Waals surface area contributed by atoms with Gasteiger partial charge in [-0.3, -0.25) is 0 Å². The average molecular weight is 428 g/mol. The lowest BCUT2D eigenvalue weighted by atomic mass is 9.83. The molecule has 1 aromatic rings. The molecule has 1 heterocycles. The van der Waals surface area contributed by atoms with Gasteiger partial charge in [-0.15, -0.1) is 0 Å². The molecule has 0 saturated heterocycles. The third-order valence-corrected chi connectivity index (χ3v) is 4.46. The largest absolute Gasteiger partial charge is 0.493 e. The van der Waals surface area contributed by atoms with Gasteiger partial charge < -0.3 is 29.4 Å². The van der Waals surface area contributed by atoms with Crippen LogP contribution in [0.3, 0.4) is 0 Å².